The highest BCUT2D eigenvalue weighted by Gasteiger charge is 2.19. The predicted octanol–water partition coefficient (Wildman–Crippen LogP) is 2.73. The Balaban J connectivity index is 2.49. The van der Waals surface area contributed by atoms with E-state index in [1.807, 2.05) is 11.6 Å². The van der Waals surface area contributed by atoms with Gasteiger partial charge in [0.1, 0.15) is 5.69 Å². The molecular weight excluding hydrogens is 250 g/mol. The smallest absolute Gasteiger partial charge is 0.290 e. The predicted molar refractivity (Wildman–Crippen MR) is 83.1 cm³/mol. The van der Waals surface area contributed by atoms with Gasteiger partial charge in [-0.2, -0.15) is 0 Å². The number of nitrogens with zero attached hydrogens (tertiary/aromatic N) is 2. The van der Waals surface area contributed by atoms with Gasteiger partial charge in [0.15, 0.2) is 0 Å². The summed E-state index contributed by atoms with van der Waals surface area (Å²) < 4.78 is 3.75. The van der Waals surface area contributed by atoms with Crippen LogP contribution in [0.4, 0.5) is 5.69 Å². The van der Waals surface area contributed by atoms with E-state index in [2.05, 4.69) is 45.0 Å². The number of nitrogen functional groups attached to an aromatic ring is 1. The van der Waals surface area contributed by atoms with Gasteiger partial charge in [-0.25, -0.2) is 4.68 Å². The molecule has 0 aliphatic carbocycles. The fourth-order valence-corrected chi connectivity index (χ4v) is 2.60. The second-order valence-corrected chi connectivity index (χ2v) is 5.52. The van der Waals surface area contributed by atoms with Crippen molar-refractivity contribution in [2.24, 2.45) is 0 Å². The van der Waals surface area contributed by atoms with Crippen LogP contribution in [-0.2, 0) is 13.1 Å². The lowest BCUT2D eigenvalue weighted by Gasteiger charge is -2.15. The average molecular weight is 273 g/mol. The van der Waals surface area contributed by atoms with Crippen LogP contribution in [0.2, 0.25) is 0 Å². The van der Waals surface area contributed by atoms with E-state index >= 15 is 0 Å². The molecule has 20 heavy (non-hydrogen) atoms. The van der Waals surface area contributed by atoms with Gasteiger partial charge >= 0.3 is 0 Å². The molecule has 2 N–H and O–H groups in total. The van der Waals surface area contributed by atoms with Gasteiger partial charge in [0.2, 0.25) is 0 Å². The summed E-state index contributed by atoms with van der Waals surface area (Å²) in [5.41, 5.74) is 9.56. The quantitative estimate of drug-likeness (QED) is 0.931. The fraction of sp³-hybridized carbons (Fsp3) is 0.438. The Morgan fingerprint density at radius 1 is 1.15 bits per heavy atom. The molecule has 2 aromatic rings. The van der Waals surface area contributed by atoms with Crippen molar-refractivity contribution in [1.82, 2.24) is 9.36 Å². The van der Waals surface area contributed by atoms with Crippen molar-refractivity contribution in [3.8, 4) is 0 Å². The number of benzene rings is 1. The molecular formula is C16H23N3O. The summed E-state index contributed by atoms with van der Waals surface area (Å²) in [6.07, 6.45) is 0. The molecule has 0 aliphatic rings. The summed E-state index contributed by atoms with van der Waals surface area (Å²) in [6.45, 7) is 9.52. The number of aryl methyl sites for hydroxylation is 1. The summed E-state index contributed by atoms with van der Waals surface area (Å²) in [4.78, 5) is 12.4. The lowest BCUT2D eigenvalue weighted by Crippen LogP contribution is -2.24. The number of hydrogen-bond acceptors (Lipinski definition) is 2. The summed E-state index contributed by atoms with van der Waals surface area (Å²) in [5.74, 6) is 0.238. The molecule has 1 heterocycles. The van der Waals surface area contributed by atoms with E-state index in [0.29, 0.717) is 12.2 Å². The minimum atomic E-state index is -0.0869. The van der Waals surface area contributed by atoms with E-state index in [9.17, 15) is 4.79 Å². The van der Waals surface area contributed by atoms with Crippen LogP contribution in [0.1, 0.15) is 43.5 Å². The Bertz CT molecular complexity index is 648. The monoisotopic (exact) mass is 273 g/mol. The van der Waals surface area contributed by atoms with Gasteiger partial charge in [-0.05, 0) is 25.3 Å². The summed E-state index contributed by atoms with van der Waals surface area (Å²) in [7, 11) is 0. The molecule has 0 spiro atoms. The van der Waals surface area contributed by atoms with Gasteiger partial charge in [-0.15, -0.1) is 0 Å². The number of hydrogen-bond donors (Lipinski definition) is 1. The molecule has 2 rings (SSSR count). The first-order valence-electron chi connectivity index (χ1n) is 7.10. The molecule has 0 aliphatic heterocycles. The zero-order valence-corrected chi connectivity index (χ0v) is 12.7. The Kier molecular flexibility index (Phi) is 4.02. The third-order valence-corrected chi connectivity index (χ3v) is 3.61. The average Bonchev–Trinajstić information content (AvgIpc) is 2.65. The lowest BCUT2D eigenvalue weighted by molar-refractivity contribution is 0.465. The third kappa shape index (κ3) is 2.50. The zero-order valence-electron chi connectivity index (χ0n) is 12.7. The summed E-state index contributed by atoms with van der Waals surface area (Å²) in [6, 6.07) is 8.23. The van der Waals surface area contributed by atoms with Gasteiger partial charge < -0.3 is 5.73 Å². The van der Waals surface area contributed by atoms with Crippen molar-refractivity contribution >= 4 is 5.69 Å². The van der Waals surface area contributed by atoms with Gasteiger partial charge in [0.05, 0.1) is 12.2 Å². The van der Waals surface area contributed by atoms with Gasteiger partial charge in [0.25, 0.3) is 5.56 Å². The minimum Gasteiger partial charge on any atom is -0.393 e. The maximum atomic E-state index is 12.4. The van der Waals surface area contributed by atoms with Crippen molar-refractivity contribution < 1.29 is 0 Å². The topological polar surface area (TPSA) is 52.9 Å². The maximum Gasteiger partial charge on any atom is 0.290 e. The number of aromatic nitrogens is 2. The molecule has 0 bridgehead atoms. The number of anilines is 1. The molecule has 0 saturated heterocycles. The van der Waals surface area contributed by atoms with Crippen LogP contribution < -0.4 is 11.3 Å². The van der Waals surface area contributed by atoms with Crippen molar-refractivity contribution in [3.63, 3.8) is 0 Å². The van der Waals surface area contributed by atoms with E-state index in [-0.39, 0.29) is 11.5 Å². The van der Waals surface area contributed by atoms with Crippen molar-refractivity contribution in [2.45, 2.75) is 46.7 Å². The Morgan fingerprint density at radius 2 is 1.75 bits per heavy atom. The second kappa shape index (κ2) is 5.57. The van der Waals surface area contributed by atoms with E-state index in [1.165, 1.54) is 5.56 Å². The van der Waals surface area contributed by atoms with Crippen LogP contribution in [-0.4, -0.2) is 9.36 Å². The van der Waals surface area contributed by atoms with E-state index in [1.54, 1.807) is 4.68 Å². The first-order valence-corrected chi connectivity index (χ1v) is 7.10. The third-order valence-electron chi connectivity index (χ3n) is 3.61. The second-order valence-electron chi connectivity index (χ2n) is 5.52. The van der Waals surface area contributed by atoms with Gasteiger partial charge in [-0.1, -0.05) is 43.7 Å². The summed E-state index contributed by atoms with van der Waals surface area (Å²) >= 11 is 0. The molecule has 4 nitrogen and oxygen atoms in total. The Morgan fingerprint density at radius 3 is 2.25 bits per heavy atom. The zero-order chi connectivity index (χ0) is 14.9. The maximum absolute atomic E-state index is 12.4. The Hall–Kier alpha value is -1.97. The highest BCUT2D eigenvalue weighted by Crippen LogP contribution is 2.20. The van der Waals surface area contributed by atoms with E-state index in [4.69, 9.17) is 5.73 Å². The van der Waals surface area contributed by atoms with Crippen molar-refractivity contribution in [1.29, 1.82) is 0 Å². The molecule has 1 aromatic heterocycles. The standard InChI is InChI=1S/C16H23N3O/c1-5-18-15(11(2)3)14(17)16(20)19(18)10-13-8-6-12(4)7-9-13/h6-9,11H,5,10,17H2,1-4H3. The van der Waals surface area contributed by atoms with Crippen LogP contribution >= 0.6 is 0 Å². The van der Waals surface area contributed by atoms with Gasteiger partial charge in [-0.3, -0.25) is 9.48 Å². The van der Waals surface area contributed by atoms with E-state index in [0.717, 1.165) is 17.8 Å². The number of nitrogens with two attached hydrogens (primary N) is 1. The molecule has 0 unspecified atom stereocenters. The molecule has 0 saturated carbocycles. The molecule has 0 amide bonds. The first kappa shape index (κ1) is 14.4. The normalized spacial score (nSPS) is 11.2. The first-order chi connectivity index (χ1) is 9.45. The molecule has 0 atom stereocenters. The lowest BCUT2D eigenvalue weighted by atomic mass is 10.1. The highest BCUT2D eigenvalue weighted by atomic mass is 16.1. The van der Waals surface area contributed by atoms with Crippen molar-refractivity contribution in [2.75, 3.05) is 5.73 Å². The van der Waals surface area contributed by atoms with Crippen LogP contribution in [0, 0.1) is 6.92 Å². The molecule has 0 radical (unpaired) electrons. The molecule has 4 heteroatoms. The van der Waals surface area contributed by atoms with Crippen molar-refractivity contribution in [3.05, 3.63) is 51.4 Å². The fourth-order valence-electron chi connectivity index (χ4n) is 2.60. The SMILES string of the molecule is CCn1c(C(C)C)c(N)c(=O)n1Cc1ccc(C)cc1. The molecule has 1 aromatic carbocycles. The van der Waals surface area contributed by atoms with E-state index < -0.39 is 0 Å². The largest absolute Gasteiger partial charge is 0.393 e. The Labute approximate surface area is 119 Å². The molecule has 0 fully saturated rings. The highest BCUT2D eigenvalue weighted by molar-refractivity contribution is 5.43. The minimum absolute atomic E-state index is 0.0869. The number of rotatable bonds is 4. The van der Waals surface area contributed by atoms with Crippen LogP contribution in [0.5, 0.6) is 0 Å². The summed E-state index contributed by atoms with van der Waals surface area (Å²) in [5, 5.41) is 0. The van der Waals surface area contributed by atoms with Crippen LogP contribution in [0.15, 0.2) is 29.1 Å². The van der Waals surface area contributed by atoms with Crippen LogP contribution in [0.3, 0.4) is 0 Å². The van der Waals surface area contributed by atoms with Crippen LogP contribution in [0.25, 0.3) is 0 Å². The molecule has 108 valence electrons. The van der Waals surface area contributed by atoms with Gasteiger partial charge in [0, 0.05) is 6.54 Å².